The van der Waals surface area contributed by atoms with Gasteiger partial charge in [-0.2, -0.15) is 0 Å². The van der Waals surface area contributed by atoms with Gasteiger partial charge in [0.05, 0.1) is 6.61 Å². The molecule has 1 aromatic heterocycles. The van der Waals surface area contributed by atoms with Gasteiger partial charge in [0.15, 0.2) is 0 Å². The molecule has 0 spiro atoms. The molecule has 1 saturated heterocycles. The van der Waals surface area contributed by atoms with Crippen LogP contribution in [0.2, 0.25) is 0 Å². The molecular formula is C18H23N3O2. The molecule has 1 aliphatic heterocycles. The summed E-state index contributed by atoms with van der Waals surface area (Å²) in [5, 5.41) is 9.16. The van der Waals surface area contributed by atoms with Crippen molar-refractivity contribution < 1.29 is 9.84 Å². The van der Waals surface area contributed by atoms with E-state index in [1.807, 2.05) is 31.2 Å². The summed E-state index contributed by atoms with van der Waals surface area (Å²) in [6.07, 6.45) is 5.58. The molecule has 1 fully saturated rings. The van der Waals surface area contributed by atoms with Crippen LogP contribution in [0.25, 0.3) is 0 Å². The Labute approximate surface area is 137 Å². The summed E-state index contributed by atoms with van der Waals surface area (Å²) in [4.78, 5) is 11.2. The lowest BCUT2D eigenvalue weighted by Gasteiger charge is -2.32. The van der Waals surface area contributed by atoms with E-state index >= 15 is 0 Å². The van der Waals surface area contributed by atoms with Crippen molar-refractivity contribution in [3.8, 4) is 11.6 Å². The van der Waals surface area contributed by atoms with E-state index in [0.29, 0.717) is 18.3 Å². The molecule has 23 heavy (non-hydrogen) atoms. The molecule has 0 aliphatic carbocycles. The van der Waals surface area contributed by atoms with Gasteiger partial charge in [-0.15, -0.1) is 0 Å². The van der Waals surface area contributed by atoms with Crippen molar-refractivity contribution in [1.29, 1.82) is 0 Å². The van der Waals surface area contributed by atoms with Gasteiger partial charge in [0.2, 0.25) is 5.88 Å². The van der Waals surface area contributed by atoms with Gasteiger partial charge < -0.3 is 14.7 Å². The van der Waals surface area contributed by atoms with E-state index in [1.54, 1.807) is 12.4 Å². The number of aromatic nitrogens is 2. The minimum Gasteiger partial charge on any atom is -0.437 e. The third-order valence-electron chi connectivity index (χ3n) is 4.30. The summed E-state index contributed by atoms with van der Waals surface area (Å²) in [7, 11) is 0. The van der Waals surface area contributed by atoms with Crippen molar-refractivity contribution in [2.24, 2.45) is 0 Å². The summed E-state index contributed by atoms with van der Waals surface area (Å²) >= 11 is 0. The van der Waals surface area contributed by atoms with Crippen LogP contribution in [0.4, 0.5) is 0 Å². The molecule has 1 aromatic carbocycles. The zero-order valence-electron chi connectivity index (χ0n) is 13.5. The van der Waals surface area contributed by atoms with Crippen molar-refractivity contribution in [3.63, 3.8) is 0 Å². The quantitative estimate of drug-likeness (QED) is 0.920. The number of ether oxygens (including phenoxy) is 1. The number of likely N-dealkylation sites (tertiary alicyclic amines) is 1. The number of piperidine rings is 1. The maximum Gasteiger partial charge on any atom is 0.241 e. The molecule has 1 N–H and O–H groups in total. The Morgan fingerprint density at radius 1 is 1.26 bits per heavy atom. The van der Waals surface area contributed by atoms with E-state index < -0.39 is 0 Å². The second kappa shape index (κ2) is 7.53. The van der Waals surface area contributed by atoms with Gasteiger partial charge >= 0.3 is 0 Å². The van der Waals surface area contributed by atoms with Crippen LogP contribution in [0.5, 0.6) is 11.6 Å². The van der Waals surface area contributed by atoms with Crippen molar-refractivity contribution in [2.75, 3.05) is 26.2 Å². The maximum absolute atomic E-state index is 9.16. The van der Waals surface area contributed by atoms with Crippen LogP contribution >= 0.6 is 0 Å². The van der Waals surface area contributed by atoms with Crippen LogP contribution in [-0.2, 0) is 0 Å². The van der Waals surface area contributed by atoms with Gasteiger partial charge in [-0.1, -0.05) is 18.2 Å². The molecule has 1 atom stereocenters. The van der Waals surface area contributed by atoms with Gasteiger partial charge in [-0.25, -0.2) is 4.98 Å². The van der Waals surface area contributed by atoms with Gasteiger partial charge in [0.1, 0.15) is 11.4 Å². The number of aliphatic hydroxyl groups is 1. The first kappa shape index (κ1) is 15.9. The number of hydrogen-bond acceptors (Lipinski definition) is 5. The van der Waals surface area contributed by atoms with Crippen molar-refractivity contribution >= 4 is 0 Å². The molecule has 5 heteroatoms. The molecular weight excluding hydrogens is 290 g/mol. The number of aryl methyl sites for hydroxylation is 1. The monoisotopic (exact) mass is 313 g/mol. The topological polar surface area (TPSA) is 58.5 Å². The lowest BCUT2D eigenvalue weighted by Crippen LogP contribution is -2.36. The average molecular weight is 313 g/mol. The summed E-state index contributed by atoms with van der Waals surface area (Å²) in [5.41, 5.74) is 1.99. The minimum atomic E-state index is 0.194. The fourth-order valence-corrected chi connectivity index (χ4v) is 3.09. The Balaban J connectivity index is 1.82. The van der Waals surface area contributed by atoms with E-state index in [9.17, 15) is 0 Å². The van der Waals surface area contributed by atoms with E-state index in [0.717, 1.165) is 42.9 Å². The fraction of sp³-hybridized carbons (Fsp3) is 0.444. The first-order chi connectivity index (χ1) is 11.3. The zero-order valence-corrected chi connectivity index (χ0v) is 13.5. The van der Waals surface area contributed by atoms with Crippen LogP contribution in [-0.4, -0.2) is 46.2 Å². The molecule has 0 radical (unpaired) electrons. The lowest BCUT2D eigenvalue weighted by molar-refractivity contribution is 0.159. The number of aliphatic hydroxyl groups excluding tert-OH is 1. The summed E-state index contributed by atoms with van der Waals surface area (Å²) in [6, 6.07) is 7.93. The maximum atomic E-state index is 9.16. The van der Waals surface area contributed by atoms with Crippen molar-refractivity contribution in [3.05, 3.63) is 47.9 Å². The van der Waals surface area contributed by atoms with Gasteiger partial charge in [-0.3, -0.25) is 4.98 Å². The van der Waals surface area contributed by atoms with Crippen molar-refractivity contribution in [1.82, 2.24) is 14.9 Å². The van der Waals surface area contributed by atoms with Crippen LogP contribution in [0.3, 0.4) is 0 Å². The summed E-state index contributed by atoms with van der Waals surface area (Å²) in [5.74, 6) is 1.71. The summed E-state index contributed by atoms with van der Waals surface area (Å²) in [6.45, 7) is 4.86. The summed E-state index contributed by atoms with van der Waals surface area (Å²) < 4.78 is 6.05. The van der Waals surface area contributed by atoms with Gasteiger partial charge in [-0.05, 0) is 37.9 Å². The van der Waals surface area contributed by atoms with Crippen LogP contribution in [0.1, 0.15) is 30.0 Å². The predicted molar refractivity (Wildman–Crippen MR) is 88.8 cm³/mol. The van der Waals surface area contributed by atoms with E-state index in [-0.39, 0.29) is 6.61 Å². The largest absolute Gasteiger partial charge is 0.437 e. The molecule has 0 bridgehead atoms. The number of β-amino-alcohol motifs (C(OH)–C–C–N with tert-alkyl or cyclic N) is 1. The molecule has 2 heterocycles. The Kier molecular flexibility index (Phi) is 5.20. The van der Waals surface area contributed by atoms with Crippen LogP contribution < -0.4 is 4.74 Å². The molecule has 0 amide bonds. The van der Waals surface area contributed by atoms with Crippen LogP contribution in [0.15, 0.2) is 36.7 Å². The number of rotatable bonds is 5. The fourth-order valence-electron chi connectivity index (χ4n) is 3.09. The Morgan fingerprint density at radius 3 is 2.91 bits per heavy atom. The third kappa shape index (κ3) is 3.86. The molecule has 122 valence electrons. The Hall–Kier alpha value is -1.98. The van der Waals surface area contributed by atoms with Gasteiger partial charge in [0, 0.05) is 31.4 Å². The number of nitrogens with zero attached hydrogens (tertiary/aromatic N) is 3. The SMILES string of the molecule is Cc1ccccc1Oc1nccnc1C1CCCN(CCO)C1. The number of benzene rings is 1. The molecule has 0 saturated carbocycles. The van der Waals surface area contributed by atoms with Crippen molar-refractivity contribution in [2.45, 2.75) is 25.7 Å². The van der Waals surface area contributed by atoms with E-state index in [1.165, 1.54) is 0 Å². The van der Waals surface area contributed by atoms with E-state index in [2.05, 4.69) is 14.9 Å². The molecule has 1 aliphatic rings. The second-order valence-electron chi connectivity index (χ2n) is 5.98. The molecule has 1 unspecified atom stereocenters. The molecule has 2 aromatic rings. The Morgan fingerprint density at radius 2 is 2.09 bits per heavy atom. The lowest BCUT2D eigenvalue weighted by atomic mass is 9.94. The molecule has 5 nitrogen and oxygen atoms in total. The highest BCUT2D eigenvalue weighted by atomic mass is 16.5. The first-order valence-corrected chi connectivity index (χ1v) is 8.15. The number of hydrogen-bond donors (Lipinski definition) is 1. The van der Waals surface area contributed by atoms with E-state index in [4.69, 9.17) is 9.84 Å². The Bertz CT molecular complexity index is 646. The van der Waals surface area contributed by atoms with Crippen LogP contribution in [0, 0.1) is 6.92 Å². The average Bonchev–Trinajstić information content (AvgIpc) is 2.58. The zero-order chi connectivity index (χ0) is 16.1. The smallest absolute Gasteiger partial charge is 0.241 e. The highest BCUT2D eigenvalue weighted by molar-refractivity contribution is 5.36. The normalized spacial score (nSPS) is 18.8. The predicted octanol–water partition coefficient (Wildman–Crippen LogP) is 2.75. The third-order valence-corrected chi connectivity index (χ3v) is 4.30. The highest BCUT2D eigenvalue weighted by Gasteiger charge is 2.25. The highest BCUT2D eigenvalue weighted by Crippen LogP contribution is 2.33. The number of para-hydroxylation sites is 1. The molecule has 3 rings (SSSR count). The first-order valence-electron chi connectivity index (χ1n) is 8.15. The second-order valence-corrected chi connectivity index (χ2v) is 5.98. The minimum absolute atomic E-state index is 0.194. The standard InChI is InChI=1S/C18H23N3O2/c1-14-5-2-3-7-16(14)23-18-17(19-8-9-20-18)15-6-4-10-21(13-15)11-12-22/h2-3,5,7-9,15,22H,4,6,10-13H2,1H3. The van der Waals surface area contributed by atoms with Gasteiger partial charge in [0.25, 0.3) is 0 Å².